The van der Waals surface area contributed by atoms with Crippen molar-refractivity contribution >= 4 is 17.7 Å². The zero-order valence-corrected chi connectivity index (χ0v) is 22.3. The number of aromatic nitrogens is 4. The number of ether oxygens (including phenoxy) is 1. The Morgan fingerprint density at radius 3 is 2.74 bits per heavy atom. The molecule has 3 aromatic rings. The topological polar surface area (TPSA) is 125 Å². The number of nitrogens with one attached hydrogen (secondary N) is 2. The van der Waals surface area contributed by atoms with E-state index < -0.39 is 17.8 Å². The molecule has 0 aliphatic carbocycles. The lowest BCUT2D eigenvalue weighted by Gasteiger charge is -2.24. The molecule has 0 amide bonds. The van der Waals surface area contributed by atoms with Gasteiger partial charge in [-0.25, -0.2) is 24.1 Å². The molecule has 0 saturated heterocycles. The zero-order valence-electron chi connectivity index (χ0n) is 22.3. The summed E-state index contributed by atoms with van der Waals surface area (Å²) in [6.45, 7) is 5.30. The largest absolute Gasteiger partial charge is 0.491 e. The molecule has 11 heteroatoms. The van der Waals surface area contributed by atoms with E-state index in [4.69, 9.17) is 9.72 Å². The van der Waals surface area contributed by atoms with Crippen molar-refractivity contribution in [2.24, 2.45) is 0 Å². The molecule has 10 nitrogen and oxygen atoms in total. The fourth-order valence-electron chi connectivity index (χ4n) is 4.43. The number of aliphatic carboxylic acids is 1. The van der Waals surface area contributed by atoms with E-state index in [9.17, 15) is 14.3 Å². The highest BCUT2D eigenvalue weighted by molar-refractivity contribution is 5.76. The standard InChI is InChI=1S/C28H36FN7O3/c1-20-7-10-24(19-31-20)39-16-15-36(14-11-25(27(37)38)35-28-32-17-22(29)18-33-28)13-3-2-6-23-9-8-21-5-4-12-30-26(21)34-23/h7-10,17-19,25H,2-6,11-16H2,1H3,(H,30,34)(H,37,38)(H,32,33,35). The van der Waals surface area contributed by atoms with Gasteiger partial charge < -0.3 is 20.5 Å². The van der Waals surface area contributed by atoms with Crippen LogP contribution >= 0.6 is 0 Å². The molecular weight excluding hydrogens is 501 g/mol. The van der Waals surface area contributed by atoms with Gasteiger partial charge in [0, 0.05) is 31.0 Å². The lowest BCUT2D eigenvalue weighted by atomic mass is 10.1. The molecule has 1 aliphatic heterocycles. The Hall–Kier alpha value is -3.86. The number of carbonyl (C=O) groups is 1. The van der Waals surface area contributed by atoms with Gasteiger partial charge in [0.2, 0.25) is 5.95 Å². The fourth-order valence-corrected chi connectivity index (χ4v) is 4.43. The van der Waals surface area contributed by atoms with Crippen molar-refractivity contribution in [1.29, 1.82) is 0 Å². The van der Waals surface area contributed by atoms with Gasteiger partial charge >= 0.3 is 5.97 Å². The van der Waals surface area contributed by atoms with Crippen LogP contribution < -0.4 is 15.4 Å². The smallest absolute Gasteiger partial charge is 0.326 e. The summed E-state index contributed by atoms with van der Waals surface area (Å²) in [5, 5.41) is 15.9. The van der Waals surface area contributed by atoms with Crippen LogP contribution in [-0.2, 0) is 17.6 Å². The van der Waals surface area contributed by atoms with Gasteiger partial charge in [-0.2, -0.15) is 0 Å². The second-order valence-electron chi connectivity index (χ2n) is 9.67. The minimum atomic E-state index is -1.02. The quantitative estimate of drug-likeness (QED) is 0.247. The second-order valence-corrected chi connectivity index (χ2v) is 9.67. The summed E-state index contributed by atoms with van der Waals surface area (Å²) in [4.78, 5) is 30.8. The third kappa shape index (κ3) is 9.13. The lowest BCUT2D eigenvalue weighted by Crippen LogP contribution is -2.37. The summed E-state index contributed by atoms with van der Waals surface area (Å²) in [5.74, 6) is 0.199. The number of anilines is 2. The fraction of sp³-hybridized carbons (Fsp3) is 0.464. The maximum atomic E-state index is 13.1. The van der Waals surface area contributed by atoms with Crippen molar-refractivity contribution in [3.63, 3.8) is 0 Å². The number of aryl methyl sites for hydroxylation is 3. The van der Waals surface area contributed by atoms with Crippen molar-refractivity contribution in [2.45, 2.75) is 51.5 Å². The molecule has 0 aromatic carbocycles. The number of carboxylic acids is 1. The Morgan fingerprint density at radius 2 is 1.97 bits per heavy atom. The molecule has 0 spiro atoms. The predicted octanol–water partition coefficient (Wildman–Crippen LogP) is 3.73. The van der Waals surface area contributed by atoms with Crippen LogP contribution in [0.5, 0.6) is 5.75 Å². The molecule has 208 valence electrons. The molecule has 1 aliphatic rings. The van der Waals surface area contributed by atoms with Crippen molar-refractivity contribution in [3.05, 3.63) is 65.6 Å². The number of halogens is 1. The maximum Gasteiger partial charge on any atom is 0.326 e. The van der Waals surface area contributed by atoms with E-state index in [0.717, 1.165) is 74.8 Å². The second kappa shape index (κ2) is 14.3. The predicted molar refractivity (Wildman–Crippen MR) is 147 cm³/mol. The highest BCUT2D eigenvalue weighted by Crippen LogP contribution is 2.20. The van der Waals surface area contributed by atoms with Crippen LogP contribution in [0.3, 0.4) is 0 Å². The van der Waals surface area contributed by atoms with E-state index in [2.05, 4.69) is 42.6 Å². The van der Waals surface area contributed by atoms with E-state index >= 15 is 0 Å². The molecule has 0 fully saturated rings. The van der Waals surface area contributed by atoms with E-state index in [1.165, 1.54) is 5.56 Å². The third-order valence-electron chi connectivity index (χ3n) is 6.63. The Morgan fingerprint density at radius 1 is 1.13 bits per heavy atom. The third-order valence-corrected chi connectivity index (χ3v) is 6.63. The Labute approximate surface area is 228 Å². The highest BCUT2D eigenvalue weighted by atomic mass is 19.1. The molecular formula is C28H36FN7O3. The molecule has 3 aromatic heterocycles. The van der Waals surface area contributed by atoms with Crippen LogP contribution in [0.2, 0.25) is 0 Å². The van der Waals surface area contributed by atoms with Crippen molar-refractivity contribution in [2.75, 3.05) is 43.4 Å². The van der Waals surface area contributed by atoms with Gasteiger partial charge in [0.15, 0.2) is 5.82 Å². The molecule has 0 radical (unpaired) electrons. The highest BCUT2D eigenvalue weighted by Gasteiger charge is 2.20. The summed E-state index contributed by atoms with van der Waals surface area (Å²) in [6, 6.07) is 7.18. The molecule has 0 saturated carbocycles. The Balaban J connectivity index is 1.29. The van der Waals surface area contributed by atoms with E-state index in [1.807, 2.05) is 19.1 Å². The summed E-state index contributed by atoms with van der Waals surface area (Å²) >= 11 is 0. The molecule has 3 N–H and O–H groups in total. The SMILES string of the molecule is Cc1ccc(OCCN(CCCCc2ccc3c(n2)NCCC3)CCC(Nc2ncc(F)cn2)C(=O)O)cn1. The first kappa shape index (κ1) is 28.2. The van der Waals surface area contributed by atoms with Crippen molar-refractivity contribution in [3.8, 4) is 5.75 Å². The number of hydrogen-bond acceptors (Lipinski definition) is 9. The summed E-state index contributed by atoms with van der Waals surface area (Å²) in [6.07, 6.45) is 9.03. The van der Waals surface area contributed by atoms with Gasteiger partial charge in [-0.3, -0.25) is 9.88 Å². The minimum Gasteiger partial charge on any atom is -0.491 e. The van der Waals surface area contributed by atoms with Crippen molar-refractivity contribution in [1.82, 2.24) is 24.8 Å². The lowest BCUT2D eigenvalue weighted by molar-refractivity contribution is -0.138. The van der Waals surface area contributed by atoms with E-state index in [-0.39, 0.29) is 5.95 Å². The first-order chi connectivity index (χ1) is 19.0. The number of hydrogen-bond donors (Lipinski definition) is 3. The number of rotatable bonds is 15. The van der Waals surface area contributed by atoms with Gasteiger partial charge in [-0.15, -0.1) is 0 Å². The first-order valence-corrected chi connectivity index (χ1v) is 13.4. The molecule has 0 bridgehead atoms. The van der Waals surface area contributed by atoms with Crippen LogP contribution in [0.4, 0.5) is 16.2 Å². The number of carboxylic acid groups (broad SMARTS) is 1. The number of pyridine rings is 2. The Kier molecular flexibility index (Phi) is 10.4. The van der Waals surface area contributed by atoms with Crippen LogP contribution in [-0.4, -0.2) is 74.7 Å². The van der Waals surface area contributed by atoms with Gasteiger partial charge in [0.25, 0.3) is 0 Å². The molecule has 1 unspecified atom stereocenters. The molecule has 4 rings (SSSR count). The van der Waals surface area contributed by atoms with Gasteiger partial charge in [-0.1, -0.05) is 6.07 Å². The van der Waals surface area contributed by atoms with Crippen LogP contribution in [0.15, 0.2) is 42.9 Å². The number of nitrogens with zero attached hydrogens (tertiary/aromatic N) is 5. The normalized spacial score (nSPS) is 13.4. The molecule has 39 heavy (non-hydrogen) atoms. The minimum absolute atomic E-state index is 0.0811. The zero-order chi connectivity index (χ0) is 27.5. The average molecular weight is 538 g/mol. The summed E-state index contributed by atoms with van der Waals surface area (Å²) < 4.78 is 19.0. The van der Waals surface area contributed by atoms with Gasteiger partial charge in [0.05, 0.1) is 18.6 Å². The molecule has 1 atom stereocenters. The molecule has 4 heterocycles. The van der Waals surface area contributed by atoms with Crippen molar-refractivity contribution < 1.29 is 19.0 Å². The van der Waals surface area contributed by atoms with Crippen LogP contribution in [0, 0.1) is 12.7 Å². The summed E-state index contributed by atoms with van der Waals surface area (Å²) in [5.41, 5.74) is 3.29. The first-order valence-electron chi connectivity index (χ1n) is 13.4. The van der Waals surface area contributed by atoms with Crippen LogP contribution in [0.25, 0.3) is 0 Å². The number of unbranched alkanes of at least 4 members (excludes halogenated alkanes) is 1. The average Bonchev–Trinajstić information content (AvgIpc) is 2.94. The summed E-state index contributed by atoms with van der Waals surface area (Å²) in [7, 11) is 0. The van der Waals surface area contributed by atoms with E-state index in [1.54, 1.807) is 6.20 Å². The van der Waals surface area contributed by atoms with Crippen LogP contribution in [0.1, 0.15) is 42.6 Å². The maximum absolute atomic E-state index is 13.1. The Bertz CT molecular complexity index is 1190. The van der Waals surface area contributed by atoms with E-state index in [0.29, 0.717) is 31.9 Å². The van der Waals surface area contributed by atoms with Gasteiger partial charge in [-0.05, 0) is 75.8 Å². The number of fused-ring (bicyclic) bond motifs is 1. The monoisotopic (exact) mass is 537 g/mol. The van der Waals surface area contributed by atoms with Gasteiger partial charge in [0.1, 0.15) is 24.2 Å².